The van der Waals surface area contributed by atoms with Gasteiger partial charge < -0.3 is 0 Å². The topological polar surface area (TPSA) is 30.5 Å². The fourth-order valence-corrected chi connectivity index (χ4v) is 3.19. The van der Waals surface area contributed by atoms with Crippen molar-refractivity contribution in [1.29, 1.82) is 0 Å². The van der Waals surface area contributed by atoms with Crippen LogP contribution in [0.1, 0.15) is 36.8 Å². The fourth-order valence-electron chi connectivity index (χ4n) is 3.19. The van der Waals surface area contributed by atoms with Gasteiger partial charge in [0.2, 0.25) is 0 Å². The van der Waals surface area contributed by atoms with Gasteiger partial charge in [-0.25, -0.2) is 10.9 Å². The van der Waals surface area contributed by atoms with Crippen LogP contribution in [0.15, 0.2) is 60.7 Å². The van der Waals surface area contributed by atoms with E-state index in [2.05, 4.69) is 76.4 Å². The Balaban J connectivity index is 1.76. The van der Waals surface area contributed by atoms with Crippen LogP contribution < -0.4 is 10.9 Å². The molecule has 4 nitrogen and oxygen atoms in total. The SMILES string of the molecule is CNN(CCCCCCN(Cc1ccccc1)Cc1ccccc1)NC. The summed E-state index contributed by atoms with van der Waals surface area (Å²) in [5, 5.41) is 2.02. The molecule has 0 amide bonds. The van der Waals surface area contributed by atoms with Crippen molar-refractivity contribution in [3.05, 3.63) is 71.8 Å². The second-order valence-electron chi connectivity index (χ2n) is 6.69. The van der Waals surface area contributed by atoms with Gasteiger partial charge in [-0.2, -0.15) is 5.12 Å². The third kappa shape index (κ3) is 8.11. The fraction of sp³-hybridized carbons (Fsp3) is 0.455. The van der Waals surface area contributed by atoms with Crippen LogP contribution in [0.25, 0.3) is 0 Å². The van der Waals surface area contributed by atoms with E-state index >= 15 is 0 Å². The maximum atomic E-state index is 3.13. The van der Waals surface area contributed by atoms with Crippen LogP contribution >= 0.6 is 0 Å². The number of nitrogens with one attached hydrogen (secondary N) is 2. The van der Waals surface area contributed by atoms with Gasteiger partial charge in [-0.15, -0.1) is 0 Å². The summed E-state index contributed by atoms with van der Waals surface area (Å²) in [5.74, 6) is 0. The van der Waals surface area contributed by atoms with Crippen molar-refractivity contribution in [2.45, 2.75) is 38.8 Å². The Kier molecular flexibility index (Phi) is 9.98. The Labute approximate surface area is 159 Å². The van der Waals surface area contributed by atoms with Gasteiger partial charge in [-0.1, -0.05) is 73.5 Å². The lowest BCUT2D eigenvalue weighted by Crippen LogP contribution is -2.44. The second kappa shape index (κ2) is 12.6. The van der Waals surface area contributed by atoms with Gasteiger partial charge in [0.25, 0.3) is 0 Å². The Hall–Kier alpha value is -1.72. The molecule has 4 heteroatoms. The zero-order chi connectivity index (χ0) is 18.5. The molecule has 2 rings (SSSR count). The number of unbranched alkanes of at least 4 members (excludes halogenated alkanes) is 3. The molecular formula is C22H34N4. The quantitative estimate of drug-likeness (QED) is 0.423. The van der Waals surface area contributed by atoms with Gasteiger partial charge >= 0.3 is 0 Å². The second-order valence-corrected chi connectivity index (χ2v) is 6.69. The van der Waals surface area contributed by atoms with E-state index in [1.54, 1.807) is 0 Å². The molecule has 0 saturated heterocycles. The molecule has 2 aromatic carbocycles. The predicted molar refractivity (Wildman–Crippen MR) is 110 cm³/mol. The third-order valence-electron chi connectivity index (χ3n) is 4.64. The van der Waals surface area contributed by atoms with Gasteiger partial charge in [0, 0.05) is 33.7 Å². The molecule has 0 atom stereocenters. The number of hydrazine groups is 2. The zero-order valence-corrected chi connectivity index (χ0v) is 16.3. The maximum absolute atomic E-state index is 3.13. The summed E-state index contributed by atoms with van der Waals surface area (Å²) in [6, 6.07) is 21.6. The third-order valence-corrected chi connectivity index (χ3v) is 4.64. The van der Waals surface area contributed by atoms with E-state index in [0.717, 1.165) is 26.2 Å². The van der Waals surface area contributed by atoms with E-state index in [-0.39, 0.29) is 0 Å². The van der Waals surface area contributed by atoms with Gasteiger partial charge in [0.15, 0.2) is 0 Å². The average Bonchev–Trinajstić information content (AvgIpc) is 2.69. The molecule has 0 aliphatic rings. The van der Waals surface area contributed by atoms with Crippen LogP contribution in [0.4, 0.5) is 0 Å². The van der Waals surface area contributed by atoms with Crippen molar-refractivity contribution in [3.8, 4) is 0 Å². The average molecular weight is 355 g/mol. The van der Waals surface area contributed by atoms with Gasteiger partial charge in [0.05, 0.1) is 0 Å². The molecule has 2 aromatic rings. The van der Waals surface area contributed by atoms with Crippen molar-refractivity contribution in [3.63, 3.8) is 0 Å². The predicted octanol–water partition coefficient (Wildman–Crippen LogP) is 3.82. The summed E-state index contributed by atoms with van der Waals surface area (Å²) >= 11 is 0. The minimum absolute atomic E-state index is 1.02. The summed E-state index contributed by atoms with van der Waals surface area (Å²) in [7, 11) is 3.89. The monoisotopic (exact) mass is 354 g/mol. The summed E-state index contributed by atoms with van der Waals surface area (Å²) in [6.07, 6.45) is 5.00. The van der Waals surface area contributed by atoms with E-state index in [1.165, 1.54) is 36.8 Å². The summed E-state index contributed by atoms with van der Waals surface area (Å²) in [4.78, 5) is 2.57. The normalized spacial score (nSPS) is 11.4. The molecule has 0 spiro atoms. The molecule has 26 heavy (non-hydrogen) atoms. The first-order valence-corrected chi connectivity index (χ1v) is 9.74. The molecule has 0 fully saturated rings. The van der Waals surface area contributed by atoms with Crippen LogP contribution in [-0.4, -0.2) is 37.2 Å². The van der Waals surface area contributed by atoms with Crippen molar-refractivity contribution in [2.24, 2.45) is 0 Å². The van der Waals surface area contributed by atoms with Crippen molar-refractivity contribution in [1.82, 2.24) is 20.9 Å². The Morgan fingerprint density at radius 1 is 0.615 bits per heavy atom. The van der Waals surface area contributed by atoms with Crippen LogP contribution in [-0.2, 0) is 13.1 Å². The standard InChI is InChI=1S/C22H34N4/c1-23-26(24-2)18-12-4-3-11-17-25(19-21-13-7-5-8-14-21)20-22-15-9-6-10-16-22/h5-10,13-16,23-24H,3-4,11-12,17-20H2,1-2H3. The van der Waals surface area contributed by atoms with Crippen LogP contribution in [0, 0.1) is 0 Å². The van der Waals surface area contributed by atoms with E-state index in [9.17, 15) is 0 Å². The van der Waals surface area contributed by atoms with Crippen molar-refractivity contribution >= 4 is 0 Å². The lowest BCUT2D eigenvalue weighted by Gasteiger charge is -2.23. The van der Waals surface area contributed by atoms with Crippen molar-refractivity contribution in [2.75, 3.05) is 27.2 Å². The Morgan fingerprint density at radius 3 is 1.54 bits per heavy atom. The highest BCUT2D eigenvalue weighted by molar-refractivity contribution is 5.17. The zero-order valence-electron chi connectivity index (χ0n) is 16.3. The molecule has 2 N–H and O–H groups in total. The Bertz CT molecular complexity index is 528. The first-order valence-electron chi connectivity index (χ1n) is 9.74. The first kappa shape index (κ1) is 20.6. The van der Waals surface area contributed by atoms with Crippen LogP contribution in [0.3, 0.4) is 0 Å². The van der Waals surface area contributed by atoms with E-state index in [0.29, 0.717) is 0 Å². The van der Waals surface area contributed by atoms with E-state index in [4.69, 9.17) is 0 Å². The number of hydrogen-bond acceptors (Lipinski definition) is 4. The first-order chi connectivity index (χ1) is 12.8. The van der Waals surface area contributed by atoms with Gasteiger partial charge in [-0.05, 0) is 30.5 Å². The number of nitrogens with zero attached hydrogens (tertiary/aromatic N) is 2. The van der Waals surface area contributed by atoms with Crippen LogP contribution in [0.2, 0.25) is 0 Å². The molecule has 0 aliphatic heterocycles. The smallest absolute Gasteiger partial charge is 0.0288 e. The minimum atomic E-state index is 1.02. The van der Waals surface area contributed by atoms with E-state index in [1.807, 2.05) is 19.2 Å². The summed E-state index contributed by atoms with van der Waals surface area (Å²) in [6.45, 7) is 4.21. The van der Waals surface area contributed by atoms with Crippen LogP contribution in [0.5, 0.6) is 0 Å². The Morgan fingerprint density at radius 2 is 1.08 bits per heavy atom. The highest BCUT2D eigenvalue weighted by Gasteiger charge is 2.07. The molecule has 0 aliphatic carbocycles. The van der Waals surface area contributed by atoms with Gasteiger partial charge in [-0.3, -0.25) is 4.90 Å². The van der Waals surface area contributed by atoms with Gasteiger partial charge in [0.1, 0.15) is 0 Å². The maximum Gasteiger partial charge on any atom is 0.0288 e. The molecule has 0 aromatic heterocycles. The highest BCUT2D eigenvalue weighted by Crippen LogP contribution is 2.12. The molecule has 0 unspecified atom stereocenters. The highest BCUT2D eigenvalue weighted by atomic mass is 15.7. The summed E-state index contributed by atoms with van der Waals surface area (Å²) in [5.41, 5.74) is 9.04. The molecule has 142 valence electrons. The molecule has 0 radical (unpaired) electrons. The minimum Gasteiger partial charge on any atom is -0.295 e. The lowest BCUT2D eigenvalue weighted by molar-refractivity contribution is 0.141. The summed E-state index contributed by atoms with van der Waals surface area (Å²) < 4.78 is 0. The largest absolute Gasteiger partial charge is 0.295 e. The molecular weight excluding hydrogens is 320 g/mol. The molecule has 0 saturated carbocycles. The molecule has 0 heterocycles. The lowest BCUT2D eigenvalue weighted by atomic mass is 10.1. The number of hydrogen-bond donors (Lipinski definition) is 2. The number of benzene rings is 2. The number of rotatable bonds is 13. The van der Waals surface area contributed by atoms with E-state index < -0.39 is 0 Å². The molecule has 0 bridgehead atoms. The van der Waals surface area contributed by atoms with Crippen molar-refractivity contribution < 1.29 is 0 Å².